The summed E-state index contributed by atoms with van der Waals surface area (Å²) in [4.78, 5) is 46.5. The Kier molecular flexibility index (Phi) is 7.12. The van der Waals surface area contributed by atoms with Gasteiger partial charge in [-0.25, -0.2) is 14.4 Å². The van der Waals surface area contributed by atoms with Crippen LogP contribution in [0.4, 0.5) is 4.39 Å². The van der Waals surface area contributed by atoms with Crippen LogP contribution in [0.25, 0.3) is 33.5 Å². The molecule has 0 bridgehead atoms. The zero-order chi connectivity index (χ0) is 26.0. The first-order chi connectivity index (χ1) is 17.2. The van der Waals surface area contributed by atoms with Crippen molar-refractivity contribution in [1.82, 2.24) is 19.9 Å². The lowest BCUT2D eigenvalue weighted by Gasteiger charge is -2.15. The molecule has 2 aromatic heterocycles. The SMILES string of the molecule is COc1cc(C=O)cc(-c2cnc3nc(-c4ccc(F)c(Cl)c4)n(CC(=O)NC(C)C)c(=O)c3c2)c1. The van der Waals surface area contributed by atoms with E-state index in [9.17, 15) is 18.8 Å². The summed E-state index contributed by atoms with van der Waals surface area (Å²) in [7, 11) is 1.49. The number of methoxy groups -OCH3 is 1. The number of rotatable bonds is 7. The second-order valence-corrected chi connectivity index (χ2v) is 8.79. The topological polar surface area (TPSA) is 103 Å². The Morgan fingerprint density at radius 3 is 2.61 bits per heavy atom. The Morgan fingerprint density at radius 1 is 1.17 bits per heavy atom. The zero-order valence-corrected chi connectivity index (χ0v) is 20.5. The Balaban J connectivity index is 1.93. The molecule has 184 valence electrons. The zero-order valence-electron chi connectivity index (χ0n) is 19.7. The molecule has 0 saturated carbocycles. The summed E-state index contributed by atoms with van der Waals surface area (Å²) < 4.78 is 20.3. The van der Waals surface area contributed by atoms with Gasteiger partial charge in [-0.05, 0) is 61.9 Å². The molecule has 0 atom stereocenters. The fourth-order valence-electron chi connectivity index (χ4n) is 3.75. The molecule has 0 spiro atoms. The van der Waals surface area contributed by atoms with Gasteiger partial charge in [0.15, 0.2) is 5.65 Å². The average Bonchev–Trinajstić information content (AvgIpc) is 2.86. The van der Waals surface area contributed by atoms with Crippen LogP contribution in [0.15, 0.2) is 53.5 Å². The van der Waals surface area contributed by atoms with Crippen molar-refractivity contribution in [2.24, 2.45) is 0 Å². The molecule has 1 amide bonds. The van der Waals surface area contributed by atoms with E-state index < -0.39 is 17.3 Å². The van der Waals surface area contributed by atoms with Gasteiger partial charge in [-0.15, -0.1) is 0 Å². The van der Waals surface area contributed by atoms with Crippen LogP contribution in [-0.2, 0) is 11.3 Å². The predicted octanol–water partition coefficient (Wildman–Crippen LogP) is 4.26. The molecular formula is C26H22ClFN4O4. The van der Waals surface area contributed by atoms with E-state index in [4.69, 9.17) is 16.3 Å². The number of ether oxygens (including phenoxy) is 1. The average molecular weight is 509 g/mol. The summed E-state index contributed by atoms with van der Waals surface area (Å²) in [5.41, 5.74) is 1.55. The second-order valence-electron chi connectivity index (χ2n) is 8.39. The molecule has 0 unspecified atom stereocenters. The number of carbonyl (C=O) groups excluding carboxylic acids is 2. The molecule has 0 aliphatic heterocycles. The number of nitrogens with one attached hydrogen (secondary N) is 1. The second kappa shape index (κ2) is 10.2. The number of hydrogen-bond acceptors (Lipinski definition) is 6. The van der Waals surface area contributed by atoms with Gasteiger partial charge < -0.3 is 10.1 Å². The van der Waals surface area contributed by atoms with Crippen LogP contribution in [0.1, 0.15) is 24.2 Å². The van der Waals surface area contributed by atoms with Gasteiger partial charge in [0.1, 0.15) is 30.2 Å². The molecule has 1 N–H and O–H groups in total. The Labute approximate surface area is 210 Å². The third-order valence-corrected chi connectivity index (χ3v) is 5.66. The highest BCUT2D eigenvalue weighted by atomic mass is 35.5. The van der Waals surface area contributed by atoms with Crippen molar-refractivity contribution in [2.45, 2.75) is 26.4 Å². The van der Waals surface area contributed by atoms with E-state index in [1.165, 1.54) is 30.0 Å². The van der Waals surface area contributed by atoms with Crippen molar-refractivity contribution < 1.29 is 18.7 Å². The Hall–Kier alpha value is -4.11. The van der Waals surface area contributed by atoms with Crippen LogP contribution in [0.3, 0.4) is 0 Å². The highest BCUT2D eigenvalue weighted by molar-refractivity contribution is 6.31. The Morgan fingerprint density at radius 2 is 1.94 bits per heavy atom. The van der Waals surface area contributed by atoms with E-state index in [-0.39, 0.29) is 34.5 Å². The molecule has 10 heteroatoms. The van der Waals surface area contributed by atoms with E-state index in [1.807, 2.05) is 0 Å². The first-order valence-electron chi connectivity index (χ1n) is 11.0. The van der Waals surface area contributed by atoms with E-state index in [0.29, 0.717) is 34.3 Å². The molecule has 0 aliphatic carbocycles. The maximum Gasteiger partial charge on any atom is 0.263 e. The van der Waals surface area contributed by atoms with Gasteiger partial charge in [0.2, 0.25) is 5.91 Å². The number of amides is 1. The normalized spacial score (nSPS) is 11.1. The van der Waals surface area contributed by atoms with Crippen molar-refractivity contribution in [1.29, 1.82) is 0 Å². The lowest BCUT2D eigenvalue weighted by atomic mass is 10.0. The fraction of sp³-hybridized carbons (Fsp3) is 0.192. The van der Waals surface area contributed by atoms with Crippen molar-refractivity contribution in [2.75, 3.05) is 7.11 Å². The van der Waals surface area contributed by atoms with Gasteiger partial charge in [-0.1, -0.05) is 11.6 Å². The summed E-state index contributed by atoms with van der Waals surface area (Å²) in [6.45, 7) is 3.29. The lowest BCUT2D eigenvalue weighted by Crippen LogP contribution is -2.37. The van der Waals surface area contributed by atoms with Crippen LogP contribution >= 0.6 is 11.6 Å². The lowest BCUT2D eigenvalue weighted by molar-refractivity contribution is -0.122. The van der Waals surface area contributed by atoms with Gasteiger partial charge in [0.05, 0.1) is 17.5 Å². The van der Waals surface area contributed by atoms with E-state index in [2.05, 4.69) is 15.3 Å². The summed E-state index contributed by atoms with van der Waals surface area (Å²) in [6.07, 6.45) is 2.22. The first kappa shape index (κ1) is 25.0. The quantitative estimate of drug-likeness (QED) is 0.374. The summed E-state index contributed by atoms with van der Waals surface area (Å²) >= 11 is 5.97. The summed E-state index contributed by atoms with van der Waals surface area (Å²) in [5, 5.41) is 2.77. The monoisotopic (exact) mass is 508 g/mol. The van der Waals surface area contributed by atoms with Gasteiger partial charge in [0.25, 0.3) is 5.56 Å². The van der Waals surface area contributed by atoms with E-state index in [1.54, 1.807) is 38.1 Å². The van der Waals surface area contributed by atoms with Gasteiger partial charge in [0, 0.05) is 28.9 Å². The summed E-state index contributed by atoms with van der Waals surface area (Å²) in [5.74, 6) is -0.420. The number of hydrogen-bond donors (Lipinski definition) is 1. The van der Waals surface area contributed by atoms with Crippen LogP contribution in [0.2, 0.25) is 5.02 Å². The van der Waals surface area contributed by atoms with E-state index in [0.717, 1.165) is 6.07 Å². The van der Waals surface area contributed by atoms with E-state index >= 15 is 0 Å². The molecule has 2 heterocycles. The van der Waals surface area contributed by atoms with Gasteiger partial charge in [-0.3, -0.25) is 19.0 Å². The number of benzene rings is 2. The fourth-order valence-corrected chi connectivity index (χ4v) is 3.93. The molecular weight excluding hydrogens is 487 g/mol. The van der Waals surface area contributed by atoms with Crippen molar-refractivity contribution in [3.63, 3.8) is 0 Å². The molecule has 0 saturated heterocycles. The van der Waals surface area contributed by atoms with Gasteiger partial charge >= 0.3 is 0 Å². The Bertz CT molecular complexity index is 1550. The number of pyridine rings is 1. The maximum absolute atomic E-state index is 13.8. The highest BCUT2D eigenvalue weighted by Crippen LogP contribution is 2.28. The minimum absolute atomic E-state index is 0.123. The van der Waals surface area contributed by atoms with Crippen molar-refractivity contribution in [3.8, 4) is 28.3 Å². The predicted molar refractivity (Wildman–Crippen MR) is 135 cm³/mol. The van der Waals surface area contributed by atoms with Crippen molar-refractivity contribution >= 4 is 34.8 Å². The third kappa shape index (κ3) is 5.11. The minimum atomic E-state index is -0.622. The van der Waals surface area contributed by atoms with Gasteiger partial charge in [-0.2, -0.15) is 0 Å². The van der Waals surface area contributed by atoms with Crippen LogP contribution in [0.5, 0.6) is 5.75 Å². The standard InChI is InChI=1S/C26H22ClFN4O4/c1-14(2)30-23(34)12-32-25(16-4-5-22(28)21(27)10-16)31-24-20(26(32)35)9-18(11-29-24)17-6-15(13-33)7-19(8-17)36-3/h4-11,13-14H,12H2,1-3H3,(H,30,34). The van der Waals surface area contributed by atoms with Crippen LogP contribution in [-0.4, -0.2) is 39.9 Å². The molecule has 0 aliphatic rings. The number of fused-ring (bicyclic) bond motifs is 1. The van der Waals surface area contributed by atoms with Crippen LogP contribution < -0.4 is 15.6 Å². The smallest absolute Gasteiger partial charge is 0.263 e. The molecule has 4 aromatic rings. The maximum atomic E-state index is 13.8. The molecule has 8 nitrogen and oxygen atoms in total. The third-order valence-electron chi connectivity index (χ3n) is 5.37. The number of nitrogens with zero attached hydrogens (tertiary/aromatic N) is 3. The molecule has 2 aromatic carbocycles. The number of aromatic nitrogens is 3. The largest absolute Gasteiger partial charge is 0.497 e. The highest BCUT2D eigenvalue weighted by Gasteiger charge is 2.18. The summed E-state index contributed by atoms with van der Waals surface area (Å²) in [6, 6.07) is 10.3. The molecule has 0 radical (unpaired) electrons. The molecule has 4 rings (SSSR count). The molecule has 36 heavy (non-hydrogen) atoms. The van der Waals surface area contributed by atoms with Crippen molar-refractivity contribution in [3.05, 3.63) is 75.4 Å². The minimum Gasteiger partial charge on any atom is -0.497 e. The number of carbonyl (C=O) groups is 2. The first-order valence-corrected chi connectivity index (χ1v) is 11.4. The number of aldehydes is 1. The van der Waals surface area contributed by atoms with Crippen LogP contribution in [0, 0.1) is 5.82 Å². The number of halogens is 2. The molecule has 0 fully saturated rings.